The molecule has 0 saturated carbocycles. The van der Waals surface area contributed by atoms with Crippen LogP contribution in [0.4, 0.5) is 5.69 Å². The minimum atomic E-state index is -3.63. The van der Waals surface area contributed by atoms with Crippen molar-refractivity contribution >= 4 is 15.7 Å². The number of hydrogen-bond acceptors (Lipinski definition) is 5. The Morgan fingerprint density at radius 2 is 1.59 bits per heavy atom. The Labute approximate surface area is 129 Å². The summed E-state index contributed by atoms with van der Waals surface area (Å²) in [6.45, 7) is 0.253. The third-order valence-electron chi connectivity index (χ3n) is 2.92. The van der Waals surface area contributed by atoms with Gasteiger partial charge in [-0.05, 0) is 42.0 Å². The van der Waals surface area contributed by atoms with E-state index in [-0.39, 0.29) is 11.5 Å². The number of anilines is 1. The van der Waals surface area contributed by atoms with Crippen molar-refractivity contribution in [1.29, 1.82) is 0 Å². The van der Waals surface area contributed by atoms with Crippen molar-refractivity contribution in [1.82, 2.24) is 0 Å². The van der Waals surface area contributed by atoms with Crippen molar-refractivity contribution in [2.24, 2.45) is 0 Å². The molecule has 1 N–H and O–H groups in total. The van der Waals surface area contributed by atoms with Gasteiger partial charge in [0.1, 0.15) is 12.4 Å². The first kappa shape index (κ1) is 16.3. The molecule has 0 aliphatic heterocycles. The summed E-state index contributed by atoms with van der Waals surface area (Å²) < 4.78 is 32.1. The highest BCUT2D eigenvalue weighted by Crippen LogP contribution is 2.19. The molecule has 118 valence electrons. The summed E-state index contributed by atoms with van der Waals surface area (Å²) in [7, 11) is -0.669. The molecule has 22 heavy (non-hydrogen) atoms. The van der Waals surface area contributed by atoms with Crippen LogP contribution >= 0.6 is 0 Å². The van der Waals surface area contributed by atoms with Gasteiger partial charge in [-0.1, -0.05) is 12.1 Å². The lowest BCUT2D eigenvalue weighted by Crippen LogP contribution is -2.12. The zero-order valence-electron chi connectivity index (χ0n) is 12.3. The van der Waals surface area contributed by atoms with E-state index in [2.05, 4.69) is 9.61 Å². The van der Waals surface area contributed by atoms with E-state index in [4.69, 9.17) is 9.62 Å². The monoisotopic (exact) mass is 323 g/mol. The maximum absolute atomic E-state index is 12.3. The molecule has 0 aliphatic rings. The first-order valence-corrected chi connectivity index (χ1v) is 7.95. The highest BCUT2D eigenvalue weighted by atomic mass is 32.2. The molecule has 0 spiro atoms. The highest BCUT2D eigenvalue weighted by molar-refractivity contribution is 7.92. The summed E-state index contributed by atoms with van der Waals surface area (Å²) in [6, 6.07) is 13.0. The fraction of sp³-hybridized carbons (Fsp3) is 0.200. The van der Waals surface area contributed by atoms with E-state index in [1.165, 1.54) is 19.2 Å². The minimum absolute atomic E-state index is 0.171. The topological polar surface area (TPSA) is 73.9 Å². The van der Waals surface area contributed by atoms with Crippen molar-refractivity contribution < 1.29 is 22.9 Å². The van der Waals surface area contributed by atoms with Crippen molar-refractivity contribution in [3.8, 4) is 5.75 Å². The maximum Gasteiger partial charge on any atom is 0.261 e. The van der Waals surface area contributed by atoms with Gasteiger partial charge in [-0.2, -0.15) is 0 Å². The summed E-state index contributed by atoms with van der Waals surface area (Å²) in [6.07, 6.45) is 0. The fourth-order valence-electron chi connectivity index (χ4n) is 1.76. The van der Waals surface area contributed by atoms with Crippen LogP contribution in [0, 0.1) is 0 Å². The average molecular weight is 323 g/mol. The summed E-state index contributed by atoms with van der Waals surface area (Å²) in [4.78, 5) is 9.46. The molecule has 0 aromatic heterocycles. The number of ether oxygens (including phenoxy) is 1. The second-order valence-electron chi connectivity index (χ2n) is 4.41. The minimum Gasteiger partial charge on any atom is -0.497 e. The number of methoxy groups -OCH3 is 1. The Kier molecular flexibility index (Phi) is 5.37. The number of hydrogen-bond donors (Lipinski definition) is 1. The molecule has 0 amide bonds. The number of rotatable bonds is 7. The van der Waals surface area contributed by atoms with E-state index < -0.39 is 10.0 Å². The van der Waals surface area contributed by atoms with Gasteiger partial charge in [-0.3, -0.25) is 4.72 Å². The van der Waals surface area contributed by atoms with Crippen molar-refractivity contribution in [2.75, 3.05) is 18.9 Å². The quantitative estimate of drug-likeness (QED) is 0.626. The Bertz CT molecular complexity index is 696. The Hall–Kier alpha value is -2.09. The van der Waals surface area contributed by atoms with E-state index in [0.717, 1.165) is 5.56 Å². The lowest BCUT2D eigenvalue weighted by molar-refractivity contribution is -0.282. The Morgan fingerprint density at radius 3 is 2.14 bits per heavy atom. The van der Waals surface area contributed by atoms with E-state index in [1.54, 1.807) is 43.5 Å². The highest BCUT2D eigenvalue weighted by Gasteiger charge is 2.14. The maximum atomic E-state index is 12.3. The molecule has 7 heteroatoms. The first-order chi connectivity index (χ1) is 10.5. The van der Waals surface area contributed by atoms with Crippen LogP contribution in [-0.4, -0.2) is 22.6 Å². The third-order valence-corrected chi connectivity index (χ3v) is 4.32. The van der Waals surface area contributed by atoms with Crippen molar-refractivity contribution in [2.45, 2.75) is 11.5 Å². The molecule has 2 aromatic carbocycles. The predicted octanol–water partition coefficient (Wildman–Crippen LogP) is 2.57. The predicted molar refractivity (Wildman–Crippen MR) is 82.0 cm³/mol. The smallest absolute Gasteiger partial charge is 0.261 e. The molecule has 0 fully saturated rings. The van der Waals surface area contributed by atoms with Gasteiger partial charge in [0.15, 0.2) is 0 Å². The normalized spacial score (nSPS) is 11.2. The van der Waals surface area contributed by atoms with E-state index in [1.807, 2.05) is 0 Å². The molecule has 0 radical (unpaired) electrons. The second kappa shape index (κ2) is 7.26. The largest absolute Gasteiger partial charge is 0.497 e. The molecule has 2 rings (SSSR count). The van der Waals surface area contributed by atoms with Gasteiger partial charge in [0.25, 0.3) is 10.0 Å². The fourth-order valence-corrected chi connectivity index (χ4v) is 2.82. The molecule has 2 aromatic rings. The molecule has 6 nitrogen and oxygen atoms in total. The number of benzene rings is 2. The summed E-state index contributed by atoms with van der Waals surface area (Å²) in [5.41, 5.74) is 1.28. The summed E-state index contributed by atoms with van der Waals surface area (Å²) in [5, 5.41) is 0. The summed E-state index contributed by atoms with van der Waals surface area (Å²) >= 11 is 0. The molecule has 0 heterocycles. The SMILES string of the molecule is COOCc1ccc(S(=O)(=O)Nc2ccc(OC)cc2)cc1. The standard InChI is InChI=1S/C15H17NO5S/c1-19-14-7-5-13(6-8-14)16-22(17,18)15-9-3-12(4-10-15)11-21-20-2/h3-10,16H,11H2,1-2H3. The van der Waals surface area contributed by atoms with Crippen LogP contribution in [-0.2, 0) is 26.4 Å². The lowest BCUT2D eigenvalue weighted by Gasteiger charge is -2.09. The Balaban J connectivity index is 2.11. The molecule has 0 atom stereocenters. The van der Waals surface area contributed by atoms with Gasteiger partial charge in [-0.15, -0.1) is 0 Å². The van der Waals surface area contributed by atoms with Crippen LogP contribution in [0.3, 0.4) is 0 Å². The van der Waals surface area contributed by atoms with Gasteiger partial charge in [0.2, 0.25) is 0 Å². The van der Waals surface area contributed by atoms with Gasteiger partial charge in [0.05, 0.1) is 19.1 Å². The molecular weight excluding hydrogens is 306 g/mol. The molecular formula is C15H17NO5S. The van der Waals surface area contributed by atoms with Crippen molar-refractivity contribution in [3.05, 3.63) is 54.1 Å². The van der Waals surface area contributed by atoms with Crippen LogP contribution in [0.25, 0.3) is 0 Å². The van der Waals surface area contributed by atoms with E-state index in [9.17, 15) is 8.42 Å². The summed E-state index contributed by atoms with van der Waals surface area (Å²) in [5.74, 6) is 0.658. The average Bonchev–Trinajstić information content (AvgIpc) is 2.53. The Morgan fingerprint density at radius 1 is 0.955 bits per heavy atom. The van der Waals surface area contributed by atoms with Crippen LogP contribution in [0.15, 0.2) is 53.4 Å². The van der Waals surface area contributed by atoms with Gasteiger partial charge in [0, 0.05) is 5.69 Å². The van der Waals surface area contributed by atoms with Crippen molar-refractivity contribution in [3.63, 3.8) is 0 Å². The number of sulfonamides is 1. The van der Waals surface area contributed by atoms with Gasteiger partial charge >= 0.3 is 0 Å². The van der Waals surface area contributed by atoms with Gasteiger partial charge in [-0.25, -0.2) is 18.2 Å². The van der Waals surface area contributed by atoms with E-state index >= 15 is 0 Å². The lowest BCUT2D eigenvalue weighted by atomic mass is 10.2. The molecule has 0 bridgehead atoms. The van der Waals surface area contributed by atoms with E-state index in [0.29, 0.717) is 11.4 Å². The molecule has 0 unspecified atom stereocenters. The molecule has 0 saturated heterocycles. The van der Waals surface area contributed by atoms with Gasteiger partial charge < -0.3 is 4.74 Å². The van der Waals surface area contributed by atoms with Crippen LogP contribution in [0.5, 0.6) is 5.75 Å². The van der Waals surface area contributed by atoms with Crippen LogP contribution in [0.2, 0.25) is 0 Å². The zero-order valence-corrected chi connectivity index (χ0v) is 13.1. The molecule has 0 aliphatic carbocycles. The second-order valence-corrected chi connectivity index (χ2v) is 6.09. The zero-order chi connectivity index (χ0) is 16.0. The van der Waals surface area contributed by atoms with Crippen LogP contribution in [0.1, 0.15) is 5.56 Å². The number of nitrogens with one attached hydrogen (secondary N) is 1. The first-order valence-electron chi connectivity index (χ1n) is 6.46. The third kappa shape index (κ3) is 4.20. The van der Waals surface area contributed by atoms with Crippen LogP contribution < -0.4 is 9.46 Å².